The summed E-state index contributed by atoms with van der Waals surface area (Å²) in [6.45, 7) is 2.96. The van der Waals surface area contributed by atoms with E-state index >= 15 is 0 Å². The van der Waals surface area contributed by atoms with E-state index in [0.717, 1.165) is 15.9 Å². The number of hydrogen-bond acceptors (Lipinski definition) is 4. The van der Waals surface area contributed by atoms with Crippen LogP contribution in [0.1, 0.15) is 74.4 Å². The smallest absolute Gasteiger partial charge is 0.271 e. The van der Waals surface area contributed by atoms with Crippen molar-refractivity contribution < 1.29 is 13.9 Å². The Morgan fingerprint density at radius 1 is 1.04 bits per heavy atom. The molecule has 0 fully saturated rings. The third kappa shape index (κ3) is 8.91. The van der Waals surface area contributed by atoms with E-state index in [1.54, 1.807) is 18.2 Å². The highest BCUT2D eigenvalue weighted by Crippen LogP contribution is 2.14. The Kier molecular flexibility index (Phi) is 10.7. The van der Waals surface area contributed by atoms with Crippen molar-refractivity contribution in [2.75, 3.05) is 6.61 Å². The van der Waals surface area contributed by atoms with Crippen LogP contribution in [0.3, 0.4) is 0 Å². The van der Waals surface area contributed by atoms with E-state index in [0.29, 0.717) is 17.9 Å². The Morgan fingerprint density at radius 3 is 2.36 bits per heavy atom. The summed E-state index contributed by atoms with van der Waals surface area (Å²) in [4.78, 5) is 12.1. The molecule has 0 unspecified atom stereocenters. The molecule has 1 heterocycles. The summed E-state index contributed by atoms with van der Waals surface area (Å²) in [6, 6.07) is 10.7. The van der Waals surface area contributed by atoms with E-state index in [1.807, 2.05) is 18.2 Å². The molecular weight excluding hydrogens is 467 g/mol. The van der Waals surface area contributed by atoms with Crippen molar-refractivity contribution in [1.82, 2.24) is 5.43 Å². The number of hydrogen-bond donors (Lipinski definition) is 1. The summed E-state index contributed by atoms with van der Waals surface area (Å²) in [5, 5.41) is 3.90. The summed E-state index contributed by atoms with van der Waals surface area (Å²) in [7, 11) is 0. The van der Waals surface area contributed by atoms with Crippen LogP contribution in [0, 0.1) is 3.77 Å². The molecule has 0 saturated heterocycles. The van der Waals surface area contributed by atoms with Gasteiger partial charge < -0.3 is 9.15 Å². The number of rotatable bonds is 13. The van der Waals surface area contributed by atoms with Crippen LogP contribution in [0.15, 0.2) is 45.9 Å². The van der Waals surface area contributed by atoms with Crippen molar-refractivity contribution in [2.45, 2.75) is 58.3 Å². The van der Waals surface area contributed by atoms with Crippen LogP contribution >= 0.6 is 22.6 Å². The predicted molar refractivity (Wildman–Crippen MR) is 121 cm³/mol. The van der Waals surface area contributed by atoms with Crippen molar-refractivity contribution in [3.63, 3.8) is 0 Å². The van der Waals surface area contributed by atoms with Crippen LogP contribution in [0.4, 0.5) is 0 Å². The third-order valence-corrected chi connectivity index (χ3v) is 4.91. The second kappa shape index (κ2) is 13.4. The van der Waals surface area contributed by atoms with Crippen molar-refractivity contribution >= 4 is 34.7 Å². The van der Waals surface area contributed by atoms with Gasteiger partial charge >= 0.3 is 0 Å². The van der Waals surface area contributed by atoms with Crippen molar-refractivity contribution in [3.8, 4) is 5.75 Å². The van der Waals surface area contributed by atoms with E-state index in [-0.39, 0.29) is 5.91 Å². The maximum Gasteiger partial charge on any atom is 0.271 e. The topological polar surface area (TPSA) is 63.8 Å². The van der Waals surface area contributed by atoms with Crippen LogP contribution in [0.5, 0.6) is 5.75 Å². The van der Waals surface area contributed by atoms with Gasteiger partial charge in [0.2, 0.25) is 0 Å². The minimum Gasteiger partial charge on any atom is -0.494 e. The first-order valence-electron chi connectivity index (χ1n) is 10.0. The van der Waals surface area contributed by atoms with Crippen LogP contribution < -0.4 is 10.2 Å². The SMILES string of the molecule is CCCCCCCCCCOc1ccc(C(=O)N/N=C/c2ccc(I)o2)cc1. The van der Waals surface area contributed by atoms with Gasteiger partial charge in [0.05, 0.1) is 12.8 Å². The molecule has 1 aromatic heterocycles. The number of unbranched alkanes of at least 4 members (excludes halogenated alkanes) is 7. The molecular formula is C22H29IN2O3. The number of nitrogens with one attached hydrogen (secondary N) is 1. The number of furan rings is 1. The van der Waals surface area contributed by atoms with E-state index in [9.17, 15) is 4.79 Å². The number of benzene rings is 1. The molecule has 2 aromatic rings. The molecule has 0 radical (unpaired) electrons. The quantitative estimate of drug-likeness (QED) is 0.156. The molecule has 1 aromatic carbocycles. The van der Waals surface area contributed by atoms with Gasteiger partial charge in [-0.15, -0.1) is 0 Å². The predicted octanol–water partition coefficient (Wildman–Crippen LogP) is 6.17. The van der Waals surface area contributed by atoms with Gasteiger partial charge in [-0.05, 0) is 65.4 Å². The monoisotopic (exact) mass is 496 g/mol. The number of carbonyl (C=O) groups excluding carboxylic acids is 1. The first kappa shape index (κ1) is 22.5. The maximum atomic E-state index is 12.1. The molecule has 152 valence electrons. The Morgan fingerprint density at radius 2 is 1.71 bits per heavy atom. The zero-order valence-corrected chi connectivity index (χ0v) is 18.6. The Hall–Kier alpha value is -1.83. The summed E-state index contributed by atoms with van der Waals surface area (Å²) in [6.07, 6.45) is 11.7. The maximum absolute atomic E-state index is 12.1. The number of ether oxygens (including phenoxy) is 1. The molecule has 0 atom stereocenters. The first-order valence-corrected chi connectivity index (χ1v) is 11.1. The average Bonchev–Trinajstić information content (AvgIpc) is 3.12. The van der Waals surface area contributed by atoms with Gasteiger partial charge in [-0.1, -0.05) is 51.9 Å². The minimum atomic E-state index is -0.271. The van der Waals surface area contributed by atoms with Gasteiger partial charge in [0.15, 0.2) is 3.77 Å². The lowest BCUT2D eigenvalue weighted by Gasteiger charge is -2.07. The Balaban J connectivity index is 1.61. The van der Waals surface area contributed by atoms with Crippen LogP contribution in [0.25, 0.3) is 0 Å². The zero-order valence-electron chi connectivity index (χ0n) is 16.5. The third-order valence-electron chi connectivity index (χ3n) is 4.33. The molecule has 0 bridgehead atoms. The molecule has 0 spiro atoms. The van der Waals surface area contributed by atoms with Crippen molar-refractivity contribution in [1.29, 1.82) is 0 Å². The molecule has 0 saturated carbocycles. The molecule has 28 heavy (non-hydrogen) atoms. The number of halogens is 1. The van der Waals surface area contributed by atoms with Gasteiger partial charge in [-0.3, -0.25) is 4.79 Å². The Labute approximate surface area is 181 Å². The lowest BCUT2D eigenvalue weighted by Crippen LogP contribution is -2.17. The molecule has 2 rings (SSSR count). The molecule has 6 heteroatoms. The first-order chi connectivity index (χ1) is 13.7. The van der Waals surface area contributed by atoms with E-state index < -0.39 is 0 Å². The van der Waals surface area contributed by atoms with Gasteiger partial charge in [0.1, 0.15) is 11.5 Å². The van der Waals surface area contributed by atoms with E-state index in [4.69, 9.17) is 9.15 Å². The summed E-state index contributed by atoms with van der Waals surface area (Å²) in [5.74, 6) is 1.11. The van der Waals surface area contributed by atoms with Crippen LogP contribution in [-0.2, 0) is 0 Å². The minimum absolute atomic E-state index is 0.271. The number of amides is 1. The fourth-order valence-electron chi connectivity index (χ4n) is 2.75. The standard InChI is InChI=1S/C22H29IN2O3/c1-2-3-4-5-6-7-8-9-16-27-19-12-10-18(11-13-19)22(26)25-24-17-20-14-15-21(23)28-20/h10-15,17H,2-9,16H2,1H3,(H,25,26)/b24-17+. The van der Waals surface area contributed by atoms with Crippen LogP contribution in [-0.4, -0.2) is 18.7 Å². The molecule has 1 amide bonds. The highest BCUT2D eigenvalue weighted by molar-refractivity contribution is 14.1. The van der Waals surface area contributed by atoms with E-state index in [1.165, 1.54) is 51.2 Å². The molecule has 0 aliphatic heterocycles. The molecule has 0 aliphatic carbocycles. The van der Waals surface area contributed by atoms with E-state index in [2.05, 4.69) is 40.0 Å². The second-order valence-corrected chi connectivity index (χ2v) is 7.75. The number of carbonyl (C=O) groups is 1. The normalized spacial score (nSPS) is 11.1. The molecule has 1 N–H and O–H groups in total. The second-order valence-electron chi connectivity index (χ2n) is 6.69. The summed E-state index contributed by atoms with van der Waals surface area (Å²) < 4.78 is 11.9. The molecule has 5 nitrogen and oxygen atoms in total. The largest absolute Gasteiger partial charge is 0.494 e. The van der Waals surface area contributed by atoms with Crippen LogP contribution in [0.2, 0.25) is 0 Å². The van der Waals surface area contributed by atoms with Crippen molar-refractivity contribution in [3.05, 3.63) is 51.5 Å². The fraction of sp³-hybridized carbons (Fsp3) is 0.455. The van der Waals surface area contributed by atoms with Gasteiger partial charge in [-0.2, -0.15) is 5.10 Å². The zero-order chi connectivity index (χ0) is 20.0. The van der Waals surface area contributed by atoms with Gasteiger partial charge in [0.25, 0.3) is 5.91 Å². The highest BCUT2D eigenvalue weighted by Gasteiger charge is 2.04. The fourth-order valence-corrected chi connectivity index (χ4v) is 3.18. The highest BCUT2D eigenvalue weighted by atomic mass is 127. The lowest BCUT2D eigenvalue weighted by atomic mass is 10.1. The average molecular weight is 496 g/mol. The number of nitrogens with zero attached hydrogens (tertiary/aromatic N) is 1. The molecule has 0 aliphatic rings. The number of hydrazone groups is 1. The summed E-state index contributed by atoms with van der Waals surface area (Å²) in [5.41, 5.74) is 3.02. The Bertz CT molecular complexity index is 726. The lowest BCUT2D eigenvalue weighted by molar-refractivity contribution is 0.0955. The van der Waals surface area contributed by atoms with Gasteiger partial charge in [0, 0.05) is 5.56 Å². The van der Waals surface area contributed by atoms with Crippen molar-refractivity contribution in [2.24, 2.45) is 5.10 Å². The van der Waals surface area contributed by atoms with Gasteiger partial charge in [-0.25, -0.2) is 5.43 Å². The summed E-state index contributed by atoms with van der Waals surface area (Å²) >= 11 is 2.07.